The van der Waals surface area contributed by atoms with Gasteiger partial charge >= 0.3 is 5.97 Å². The highest BCUT2D eigenvalue weighted by molar-refractivity contribution is 5.94. The van der Waals surface area contributed by atoms with Crippen LogP contribution in [0.1, 0.15) is 35.2 Å². The van der Waals surface area contributed by atoms with Crippen molar-refractivity contribution in [1.29, 1.82) is 5.26 Å². The molecular formula is C17H18N2O3. The molecule has 2 fully saturated rings. The zero-order valence-electron chi connectivity index (χ0n) is 12.3. The number of nitrogens with zero attached hydrogens (tertiary/aromatic N) is 2. The second-order valence-corrected chi connectivity index (χ2v) is 6.28. The lowest BCUT2D eigenvalue weighted by Crippen LogP contribution is -2.40. The standard InChI is InChI=1S/C17H18N2O3/c18-8-5-12-1-3-13(4-2-12)15(20)19-9-6-17(7-10-19)11-14(17)16(21)22/h1-4,14H,5-7,9-11H2,(H,21,22). The molecule has 5 nitrogen and oxygen atoms in total. The summed E-state index contributed by atoms with van der Waals surface area (Å²) in [5.74, 6) is -0.922. The summed E-state index contributed by atoms with van der Waals surface area (Å²) in [7, 11) is 0. The molecule has 1 aliphatic carbocycles. The number of carbonyl (C=O) groups is 2. The summed E-state index contributed by atoms with van der Waals surface area (Å²) in [4.78, 5) is 25.3. The molecule has 0 radical (unpaired) electrons. The van der Waals surface area contributed by atoms with Gasteiger partial charge in [-0.3, -0.25) is 9.59 Å². The predicted octanol–water partition coefficient (Wildman–Crippen LogP) is 2.08. The molecule has 3 rings (SSSR count). The lowest BCUT2D eigenvalue weighted by Gasteiger charge is -2.32. The highest BCUT2D eigenvalue weighted by Crippen LogP contribution is 2.59. The van der Waals surface area contributed by atoms with Crippen LogP contribution in [0, 0.1) is 22.7 Å². The third kappa shape index (κ3) is 2.57. The van der Waals surface area contributed by atoms with Gasteiger partial charge in [-0.1, -0.05) is 12.1 Å². The van der Waals surface area contributed by atoms with E-state index in [0.717, 1.165) is 24.8 Å². The number of carboxylic acid groups (broad SMARTS) is 1. The van der Waals surface area contributed by atoms with E-state index < -0.39 is 5.97 Å². The molecule has 1 spiro atoms. The first-order valence-corrected chi connectivity index (χ1v) is 7.54. The number of likely N-dealkylation sites (tertiary alicyclic amines) is 1. The minimum absolute atomic E-state index is 0.00844. The molecule has 1 atom stereocenters. The second-order valence-electron chi connectivity index (χ2n) is 6.28. The van der Waals surface area contributed by atoms with Gasteiger partial charge in [0.15, 0.2) is 0 Å². The smallest absolute Gasteiger partial charge is 0.307 e. The van der Waals surface area contributed by atoms with Crippen molar-refractivity contribution in [3.8, 4) is 6.07 Å². The van der Waals surface area contributed by atoms with E-state index in [-0.39, 0.29) is 17.2 Å². The SMILES string of the molecule is N#CCc1ccc(C(=O)N2CCC3(CC2)CC3C(=O)O)cc1. The molecular weight excluding hydrogens is 280 g/mol. The van der Waals surface area contributed by atoms with Crippen LogP contribution in [0.3, 0.4) is 0 Å². The number of carboxylic acids is 1. The molecule has 1 saturated carbocycles. The number of rotatable bonds is 3. The number of benzene rings is 1. The Kier molecular flexibility index (Phi) is 3.61. The molecule has 1 aliphatic heterocycles. The molecule has 114 valence electrons. The molecule has 1 N–H and O–H groups in total. The topological polar surface area (TPSA) is 81.4 Å². The maximum Gasteiger partial charge on any atom is 0.307 e. The van der Waals surface area contributed by atoms with Gasteiger partial charge in [0.25, 0.3) is 5.91 Å². The second kappa shape index (κ2) is 5.45. The minimum Gasteiger partial charge on any atom is -0.481 e. The Balaban J connectivity index is 1.60. The van der Waals surface area contributed by atoms with Crippen LogP contribution in [0.15, 0.2) is 24.3 Å². The Morgan fingerprint density at radius 3 is 2.41 bits per heavy atom. The average Bonchev–Trinajstić information content (AvgIpc) is 3.23. The minimum atomic E-state index is -0.701. The van der Waals surface area contributed by atoms with Crippen LogP contribution >= 0.6 is 0 Å². The van der Waals surface area contributed by atoms with E-state index in [1.54, 1.807) is 12.1 Å². The third-order valence-electron chi connectivity index (χ3n) is 5.02. The van der Waals surface area contributed by atoms with Crippen LogP contribution in [0.2, 0.25) is 0 Å². The first-order chi connectivity index (χ1) is 10.6. The molecule has 1 aromatic carbocycles. The summed E-state index contributed by atoms with van der Waals surface area (Å²) < 4.78 is 0. The Morgan fingerprint density at radius 2 is 1.91 bits per heavy atom. The van der Waals surface area contributed by atoms with E-state index in [4.69, 9.17) is 10.4 Å². The number of aliphatic carboxylic acids is 1. The lowest BCUT2D eigenvalue weighted by molar-refractivity contribution is -0.139. The first kappa shape index (κ1) is 14.6. The molecule has 0 bridgehead atoms. The number of carbonyl (C=O) groups excluding carboxylic acids is 1. The van der Waals surface area contributed by atoms with Crippen LogP contribution in [0.5, 0.6) is 0 Å². The van der Waals surface area contributed by atoms with Gasteiger partial charge < -0.3 is 10.0 Å². The van der Waals surface area contributed by atoms with Crippen molar-refractivity contribution in [2.75, 3.05) is 13.1 Å². The van der Waals surface area contributed by atoms with E-state index >= 15 is 0 Å². The molecule has 1 aromatic rings. The quantitative estimate of drug-likeness (QED) is 0.926. The van der Waals surface area contributed by atoms with E-state index in [0.29, 0.717) is 25.1 Å². The molecule has 1 heterocycles. The monoisotopic (exact) mass is 298 g/mol. The summed E-state index contributed by atoms with van der Waals surface area (Å²) in [6, 6.07) is 9.22. The van der Waals surface area contributed by atoms with Crippen LogP contribution < -0.4 is 0 Å². The van der Waals surface area contributed by atoms with Crippen LogP contribution in [0.4, 0.5) is 0 Å². The normalized spacial score (nSPS) is 22.1. The molecule has 2 aliphatic rings. The highest BCUT2D eigenvalue weighted by atomic mass is 16.4. The molecule has 5 heteroatoms. The fourth-order valence-electron chi connectivity index (χ4n) is 3.44. The Labute approximate surface area is 129 Å². The van der Waals surface area contributed by atoms with Gasteiger partial charge in [0, 0.05) is 18.7 Å². The predicted molar refractivity (Wildman–Crippen MR) is 79.1 cm³/mol. The van der Waals surface area contributed by atoms with Crippen LogP contribution in [-0.2, 0) is 11.2 Å². The van der Waals surface area contributed by atoms with Crippen LogP contribution in [-0.4, -0.2) is 35.0 Å². The van der Waals surface area contributed by atoms with Crippen molar-refractivity contribution < 1.29 is 14.7 Å². The number of amides is 1. The van der Waals surface area contributed by atoms with Crippen molar-refractivity contribution in [1.82, 2.24) is 4.90 Å². The van der Waals surface area contributed by atoms with E-state index in [2.05, 4.69) is 6.07 Å². The molecule has 1 saturated heterocycles. The summed E-state index contributed by atoms with van der Waals surface area (Å²) in [5, 5.41) is 17.7. The lowest BCUT2D eigenvalue weighted by atomic mass is 9.90. The van der Waals surface area contributed by atoms with Gasteiger partial charge in [-0.15, -0.1) is 0 Å². The average molecular weight is 298 g/mol. The van der Waals surface area contributed by atoms with E-state index in [9.17, 15) is 9.59 Å². The highest BCUT2D eigenvalue weighted by Gasteiger charge is 2.59. The molecule has 0 aromatic heterocycles. The maximum absolute atomic E-state index is 12.5. The summed E-state index contributed by atoms with van der Waals surface area (Å²) in [5.41, 5.74) is 1.47. The Morgan fingerprint density at radius 1 is 1.27 bits per heavy atom. The van der Waals surface area contributed by atoms with Gasteiger partial charge in [-0.2, -0.15) is 5.26 Å². The van der Waals surface area contributed by atoms with Gasteiger partial charge in [0.1, 0.15) is 0 Å². The van der Waals surface area contributed by atoms with Gasteiger partial charge in [-0.05, 0) is 42.4 Å². The van der Waals surface area contributed by atoms with Gasteiger partial charge in [-0.25, -0.2) is 0 Å². The van der Waals surface area contributed by atoms with Gasteiger partial charge in [0.2, 0.25) is 0 Å². The summed E-state index contributed by atoms with van der Waals surface area (Å²) >= 11 is 0. The van der Waals surface area contributed by atoms with E-state index in [1.165, 1.54) is 0 Å². The van der Waals surface area contributed by atoms with Crippen molar-refractivity contribution in [2.24, 2.45) is 11.3 Å². The first-order valence-electron chi connectivity index (χ1n) is 7.54. The Bertz CT molecular complexity index is 637. The number of piperidine rings is 1. The maximum atomic E-state index is 12.5. The molecule has 22 heavy (non-hydrogen) atoms. The van der Waals surface area contributed by atoms with Crippen molar-refractivity contribution in [3.63, 3.8) is 0 Å². The fourth-order valence-corrected chi connectivity index (χ4v) is 3.44. The number of hydrogen-bond acceptors (Lipinski definition) is 3. The largest absolute Gasteiger partial charge is 0.481 e. The Hall–Kier alpha value is -2.35. The summed E-state index contributed by atoms with van der Waals surface area (Å²) in [6.07, 6.45) is 2.66. The molecule has 1 amide bonds. The van der Waals surface area contributed by atoms with Crippen molar-refractivity contribution in [2.45, 2.75) is 25.7 Å². The zero-order valence-corrected chi connectivity index (χ0v) is 12.3. The number of hydrogen-bond donors (Lipinski definition) is 1. The van der Waals surface area contributed by atoms with Crippen LogP contribution in [0.25, 0.3) is 0 Å². The number of nitriles is 1. The molecule has 1 unspecified atom stereocenters. The van der Waals surface area contributed by atoms with Gasteiger partial charge in [0.05, 0.1) is 18.4 Å². The van der Waals surface area contributed by atoms with Crippen molar-refractivity contribution >= 4 is 11.9 Å². The third-order valence-corrected chi connectivity index (χ3v) is 5.02. The van der Waals surface area contributed by atoms with Crippen molar-refractivity contribution in [3.05, 3.63) is 35.4 Å². The van der Waals surface area contributed by atoms with E-state index in [1.807, 2.05) is 17.0 Å². The summed E-state index contributed by atoms with van der Waals surface area (Å²) in [6.45, 7) is 1.26. The fraction of sp³-hybridized carbons (Fsp3) is 0.471. The zero-order chi connectivity index (χ0) is 15.7.